The van der Waals surface area contributed by atoms with Gasteiger partial charge in [-0.3, -0.25) is 0 Å². The number of nitrogens with one attached hydrogen (secondary N) is 1. The van der Waals surface area contributed by atoms with E-state index in [4.69, 9.17) is 20.8 Å². The van der Waals surface area contributed by atoms with Crippen molar-refractivity contribution >= 4 is 22.6 Å². The Balaban J connectivity index is 1.84. The minimum atomic E-state index is -0.369. The van der Waals surface area contributed by atoms with Crippen LogP contribution in [-0.2, 0) is 6.54 Å². The molecule has 5 heteroatoms. The number of rotatable bonds is 5. The van der Waals surface area contributed by atoms with Crippen LogP contribution < -0.4 is 15.7 Å². The van der Waals surface area contributed by atoms with Crippen molar-refractivity contribution in [3.63, 3.8) is 0 Å². The fraction of sp³-hybridized carbons (Fsp3) is 0.211. The summed E-state index contributed by atoms with van der Waals surface area (Å²) >= 11 is 5.92. The standard InChI is InChI=1S/C19H18ClNO3/c1-12(13-3-5-15(20)6-4-13)21-11-14-9-19(22)24-18-10-16(23-2)7-8-17(14)18/h3-10,12,21H,11H2,1-2H3/t12-/m0/s1. The molecule has 0 radical (unpaired) electrons. The van der Waals surface area contributed by atoms with Gasteiger partial charge in [-0.25, -0.2) is 4.79 Å². The third-order valence-corrected chi connectivity index (χ3v) is 4.26. The third kappa shape index (κ3) is 3.61. The highest BCUT2D eigenvalue weighted by atomic mass is 35.5. The van der Waals surface area contributed by atoms with Crippen LogP contribution in [0.4, 0.5) is 0 Å². The van der Waals surface area contributed by atoms with Crippen LogP contribution >= 0.6 is 11.6 Å². The highest BCUT2D eigenvalue weighted by molar-refractivity contribution is 6.30. The molecule has 0 aliphatic rings. The summed E-state index contributed by atoms with van der Waals surface area (Å²) in [5.74, 6) is 0.658. The van der Waals surface area contributed by atoms with E-state index in [9.17, 15) is 4.79 Å². The lowest BCUT2D eigenvalue weighted by atomic mass is 10.1. The molecule has 3 aromatic rings. The number of fused-ring (bicyclic) bond motifs is 1. The topological polar surface area (TPSA) is 51.5 Å². The van der Waals surface area contributed by atoms with Crippen molar-refractivity contribution in [2.24, 2.45) is 0 Å². The molecule has 0 aliphatic carbocycles. The summed E-state index contributed by atoms with van der Waals surface area (Å²) in [6.07, 6.45) is 0. The number of benzene rings is 2. The Kier molecular flexibility index (Phi) is 4.88. The maximum atomic E-state index is 11.8. The fourth-order valence-electron chi connectivity index (χ4n) is 2.62. The molecule has 0 bridgehead atoms. The molecule has 0 fully saturated rings. The van der Waals surface area contributed by atoms with Crippen molar-refractivity contribution in [2.75, 3.05) is 7.11 Å². The average Bonchev–Trinajstić information content (AvgIpc) is 2.59. The molecule has 1 aromatic heterocycles. The van der Waals surface area contributed by atoms with E-state index in [1.165, 1.54) is 6.07 Å². The Labute approximate surface area is 145 Å². The highest BCUT2D eigenvalue weighted by Gasteiger charge is 2.09. The van der Waals surface area contributed by atoms with E-state index in [1.807, 2.05) is 36.4 Å². The summed E-state index contributed by atoms with van der Waals surface area (Å²) < 4.78 is 10.5. The predicted molar refractivity (Wildman–Crippen MR) is 95.7 cm³/mol. The maximum Gasteiger partial charge on any atom is 0.336 e. The summed E-state index contributed by atoms with van der Waals surface area (Å²) in [5, 5.41) is 5.04. The highest BCUT2D eigenvalue weighted by Crippen LogP contribution is 2.23. The molecule has 2 aromatic carbocycles. The second-order valence-corrected chi connectivity index (χ2v) is 6.04. The predicted octanol–water partition coefficient (Wildman–Crippen LogP) is 4.31. The van der Waals surface area contributed by atoms with Crippen LogP contribution in [0.25, 0.3) is 11.0 Å². The van der Waals surface area contributed by atoms with E-state index in [0.717, 1.165) is 16.5 Å². The van der Waals surface area contributed by atoms with Gasteiger partial charge in [0.15, 0.2) is 0 Å². The Bertz CT molecular complexity index is 903. The molecule has 3 rings (SSSR count). The van der Waals surface area contributed by atoms with Crippen LogP contribution in [0.1, 0.15) is 24.1 Å². The zero-order valence-corrected chi connectivity index (χ0v) is 14.3. The maximum absolute atomic E-state index is 11.8. The summed E-state index contributed by atoms with van der Waals surface area (Å²) in [6, 6.07) is 14.9. The smallest absolute Gasteiger partial charge is 0.336 e. The molecule has 4 nitrogen and oxygen atoms in total. The number of ether oxygens (including phenoxy) is 1. The van der Waals surface area contributed by atoms with Gasteiger partial charge in [0.2, 0.25) is 0 Å². The minimum Gasteiger partial charge on any atom is -0.497 e. The number of halogens is 1. The molecule has 0 unspecified atom stereocenters. The van der Waals surface area contributed by atoms with E-state index in [-0.39, 0.29) is 11.7 Å². The molecule has 0 amide bonds. The molecule has 124 valence electrons. The van der Waals surface area contributed by atoms with Crippen molar-refractivity contribution in [2.45, 2.75) is 19.5 Å². The van der Waals surface area contributed by atoms with Gasteiger partial charge in [0, 0.05) is 35.1 Å². The molecular formula is C19H18ClNO3. The van der Waals surface area contributed by atoms with E-state index in [1.54, 1.807) is 13.2 Å². The van der Waals surface area contributed by atoms with Crippen LogP contribution in [-0.4, -0.2) is 7.11 Å². The van der Waals surface area contributed by atoms with Crippen LogP contribution in [0.15, 0.2) is 57.7 Å². The number of methoxy groups -OCH3 is 1. The third-order valence-electron chi connectivity index (χ3n) is 4.01. The van der Waals surface area contributed by atoms with Gasteiger partial charge < -0.3 is 14.5 Å². The van der Waals surface area contributed by atoms with Crippen molar-refractivity contribution in [3.8, 4) is 5.75 Å². The Morgan fingerprint density at radius 3 is 2.62 bits per heavy atom. The molecule has 1 N–H and O–H groups in total. The van der Waals surface area contributed by atoms with Gasteiger partial charge in [-0.05, 0) is 42.3 Å². The zero-order chi connectivity index (χ0) is 17.1. The van der Waals surface area contributed by atoms with E-state index in [2.05, 4.69) is 12.2 Å². The molecule has 0 saturated heterocycles. The van der Waals surface area contributed by atoms with Gasteiger partial charge in [-0.15, -0.1) is 0 Å². The van der Waals surface area contributed by atoms with Gasteiger partial charge in [-0.1, -0.05) is 23.7 Å². The lowest BCUT2D eigenvalue weighted by Crippen LogP contribution is -2.19. The summed E-state index contributed by atoms with van der Waals surface area (Å²) in [6.45, 7) is 2.62. The lowest BCUT2D eigenvalue weighted by Gasteiger charge is -2.15. The Hall–Kier alpha value is -2.30. The molecule has 24 heavy (non-hydrogen) atoms. The largest absolute Gasteiger partial charge is 0.497 e. The van der Waals surface area contributed by atoms with Crippen molar-refractivity contribution < 1.29 is 9.15 Å². The molecule has 1 atom stereocenters. The van der Waals surface area contributed by atoms with Crippen LogP contribution in [0, 0.1) is 0 Å². The molecule has 0 aliphatic heterocycles. The van der Waals surface area contributed by atoms with Gasteiger partial charge in [0.1, 0.15) is 11.3 Å². The van der Waals surface area contributed by atoms with E-state index >= 15 is 0 Å². The van der Waals surface area contributed by atoms with Gasteiger partial charge in [-0.2, -0.15) is 0 Å². The first-order chi connectivity index (χ1) is 11.6. The first-order valence-corrected chi connectivity index (χ1v) is 8.04. The van der Waals surface area contributed by atoms with Gasteiger partial charge in [0.05, 0.1) is 7.11 Å². The normalized spacial score (nSPS) is 12.3. The summed E-state index contributed by atoms with van der Waals surface area (Å²) in [4.78, 5) is 11.8. The Morgan fingerprint density at radius 1 is 1.17 bits per heavy atom. The monoisotopic (exact) mass is 343 g/mol. The number of hydrogen-bond acceptors (Lipinski definition) is 4. The minimum absolute atomic E-state index is 0.128. The first kappa shape index (κ1) is 16.6. The average molecular weight is 344 g/mol. The fourth-order valence-corrected chi connectivity index (χ4v) is 2.74. The second-order valence-electron chi connectivity index (χ2n) is 5.61. The van der Waals surface area contributed by atoms with Crippen molar-refractivity contribution in [3.05, 3.63) is 75.1 Å². The van der Waals surface area contributed by atoms with Gasteiger partial charge in [0.25, 0.3) is 0 Å². The van der Waals surface area contributed by atoms with Crippen LogP contribution in [0.3, 0.4) is 0 Å². The summed E-state index contributed by atoms with van der Waals surface area (Å²) in [5.41, 5.74) is 2.18. The Morgan fingerprint density at radius 2 is 1.92 bits per heavy atom. The van der Waals surface area contributed by atoms with Crippen LogP contribution in [0.5, 0.6) is 5.75 Å². The van der Waals surface area contributed by atoms with Crippen LogP contribution in [0.2, 0.25) is 5.02 Å². The van der Waals surface area contributed by atoms with E-state index in [0.29, 0.717) is 22.9 Å². The zero-order valence-electron chi connectivity index (χ0n) is 13.5. The molecule has 0 saturated carbocycles. The number of hydrogen-bond donors (Lipinski definition) is 1. The SMILES string of the molecule is COc1ccc2c(CN[C@@H](C)c3ccc(Cl)cc3)cc(=O)oc2c1. The molecule has 0 spiro atoms. The molecular weight excluding hydrogens is 326 g/mol. The van der Waals surface area contributed by atoms with Crippen molar-refractivity contribution in [1.82, 2.24) is 5.32 Å². The van der Waals surface area contributed by atoms with Gasteiger partial charge >= 0.3 is 5.63 Å². The molecule has 1 heterocycles. The van der Waals surface area contributed by atoms with E-state index < -0.39 is 0 Å². The first-order valence-electron chi connectivity index (χ1n) is 7.66. The summed E-state index contributed by atoms with van der Waals surface area (Å²) in [7, 11) is 1.58. The lowest BCUT2D eigenvalue weighted by molar-refractivity contribution is 0.414. The van der Waals surface area contributed by atoms with Crippen molar-refractivity contribution in [1.29, 1.82) is 0 Å². The second kappa shape index (κ2) is 7.07. The quantitative estimate of drug-likeness (QED) is 0.701.